The topological polar surface area (TPSA) is 119 Å². The Bertz CT molecular complexity index is 935. The lowest BCUT2D eigenvalue weighted by molar-refractivity contribution is 0.469. The first-order chi connectivity index (χ1) is 14.6. The Morgan fingerprint density at radius 3 is 1.10 bits per heavy atom. The third-order valence-electron chi connectivity index (χ3n) is 4.03. The molecule has 0 atom stereocenters. The van der Waals surface area contributed by atoms with E-state index in [-0.39, 0.29) is 12.4 Å². The highest BCUT2D eigenvalue weighted by atomic mass is 35.5. The number of aliphatic imine (C=N–C) groups is 2. The first-order valence-electron chi connectivity index (χ1n) is 9.20. The molecule has 0 saturated carbocycles. The summed E-state index contributed by atoms with van der Waals surface area (Å²) in [4.78, 5) is 7.72. The normalized spacial score (nSPS) is 11.3. The number of benzene rings is 3. The number of rotatable bonds is 6. The molecule has 0 spiro atoms. The molecule has 0 saturated heterocycles. The fourth-order valence-corrected chi connectivity index (χ4v) is 2.47. The summed E-state index contributed by atoms with van der Waals surface area (Å²) in [6, 6.07) is 22.2. The van der Waals surface area contributed by atoms with Crippen molar-refractivity contribution in [2.75, 3.05) is 24.7 Å². The standard InChI is InChI=1S/C22H24N6O2.ClH/c1-25-21(23)27-15-3-7-17(8-4-15)29-19-11-13-20(14-12-19)30-18-9-5-16(6-10-18)28-22(24)26-2;/h3-14H,1-2H3,(H3,23,25,27)(H3,24,26,28);1H. The van der Waals surface area contributed by atoms with Gasteiger partial charge in [0.15, 0.2) is 11.9 Å². The van der Waals surface area contributed by atoms with Gasteiger partial charge < -0.3 is 31.6 Å². The fraction of sp³-hybridized carbons (Fsp3) is 0.0909. The number of hydrogen-bond acceptors (Lipinski definition) is 4. The number of nitrogens with two attached hydrogens (primary N) is 2. The van der Waals surface area contributed by atoms with Gasteiger partial charge in [0.05, 0.1) is 0 Å². The molecule has 0 aromatic heterocycles. The Balaban J connectivity index is 0.00000341. The van der Waals surface area contributed by atoms with Gasteiger partial charge in [-0.1, -0.05) is 0 Å². The Hall–Kier alpha value is -3.91. The van der Waals surface area contributed by atoms with Crippen LogP contribution in [0, 0.1) is 0 Å². The number of nitrogens with one attached hydrogen (secondary N) is 2. The first kappa shape index (κ1) is 23.4. The first-order valence-corrected chi connectivity index (χ1v) is 9.20. The second-order valence-corrected chi connectivity index (χ2v) is 6.19. The molecule has 9 heteroatoms. The zero-order chi connectivity index (χ0) is 21.3. The maximum absolute atomic E-state index is 5.86. The van der Waals surface area contributed by atoms with E-state index in [2.05, 4.69) is 20.6 Å². The summed E-state index contributed by atoms with van der Waals surface area (Å²) in [6.45, 7) is 0. The minimum absolute atomic E-state index is 0. The van der Waals surface area contributed by atoms with Crippen molar-refractivity contribution in [3.05, 3.63) is 72.8 Å². The predicted octanol–water partition coefficient (Wildman–Crippen LogP) is 4.41. The molecular weight excluding hydrogens is 416 g/mol. The van der Waals surface area contributed by atoms with Crippen LogP contribution in [0.2, 0.25) is 0 Å². The molecular formula is C22H25ClN6O2. The highest BCUT2D eigenvalue weighted by Gasteiger charge is 2.02. The maximum Gasteiger partial charge on any atom is 0.192 e. The molecule has 3 rings (SSSR count). The van der Waals surface area contributed by atoms with Crippen LogP contribution in [0.5, 0.6) is 23.0 Å². The largest absolute Gasteiger partial charge is 0.457 e. The molecule has 0 amide bonds. The summed E-state index contributed by atoms with van der Waals surface area (Å²) in [7, 11) is 3.25. The van der Waals surface area contributed by atoms with Gasteiger partial charge in [-0.2, -0.15) is 0 Å². The molecule has 0 aliphatic heterocycles. The Morgan fingerprint density at radius 2 is 0.839 bits per heavy atom. The molecule has 8 nitrogen and oxygen atoms in total. The van der Waals surface area contributed by atoms with Crippen LogP contribution in [-0.2, 0) is 0 Å². The third-order valence-corrected chi connectivity index (χ3v) is 4.03. The Kier molecular flexibility index (Phi) is 8.53. The molecule has 0 fully saturated rings. The quantitative estimate of drug-likeness (QED) is 0.333. The number of guanidine groups is 2. The average molecular weight is 441 g/mol. The SMILES string of the molecule is CN=C(N)Nc1ccc(Oc2ccc(Oc3ccc(NC(N)=NC)cc3)cc2)cc1.Cl. The van der Waals surface area contributed by atoms with E-state index in [9.17, 15) is 0 Å². The van der Waals surface area contributed by atoms with E-state index in [0.29, 0.717) is 34.9 Å². The summed E-state index contributed by atoms with van der Waals surface area (Å²) < 4.78 is 11.7. The van der Waals surface area contributed by atoms with Crippen molar-refractivity contribution in [2.24, 2.45) is 21.5 Å². The molecule has 0 unspecified atom stereocenters. The van der Waals surface area contributed by atoms with E-state index in [4.69, 9.17) is 20.9 Å². The van der Waals surface area contributed by atoms with Crippen LogP contribution in [0.15, 0.2) is 82.8 Å². The number of hydrogen-bond donors (Lipinski definition) is 4. The van der Waals surface area contributed by atoms with Gasteiger partial charge in [-0.15, -0.1) is 12.4 Å². The molecule has 0 aliphatic rings. The van der Waals surface area contributed by atoms with E-state index >= 15 is 0 Å². The fourth-order valence-electron chi connectivity index (χ4n) is 2.47. The lowest BCUT2D eigenvalue weighted by atomic mass is 10.3. The minimum Gasteiger partial charge on any atom is -0.457 e. The second-order valence-electron chi connectivity index (χ2n) is 6.19. The highest BCUT2D eigenvalue weighted by Crippen LogP contribution is 2.28. The van der Waals surface area contributed by atoms with Gasteiger partial charge in [-0.25, -0.2) is 0 Å². The van der Waals surface area contributed by atoms with Gasteiger partial charge in [0.1, 0.15) is 23.0 Å². The summed E-state index contributed by atoms with van der Waals surface area (Å²) in [5.74, 6) is 3.52. The van der Waals surface area contributed by atoms with Crippen LogP contribution in [0.4, 0.5) is 11.4 Å². The number of anilines is 2. The van der Waals surface area contributed by atoms with Crippen LogP contribution in [0.3, 0.4) is 0 Å². The third kappa shape index (κ3) is 7.13. The zero-order valence-corrected chi connectivity index (χ0v) is 18.0. The lowest BCUT2D eigenvalue weighted by Crippen LogP contribution is -2.21. The van der Waals surface area contributed by atoms with Gasteiger partial charge in [-0.3, -0.25) is 9.98 Å². The Labute approximate surface area is 187 Å². The molecule has 6 N–H and O–H groups in total. The zero-order valence-electron chi connectivity index (χ0n) is 17.2. The molecule has 0 heterocycles. The summed E-state index contributed by atoms with van der Waals surface area (Å²) >= 11 is 0. The number of ether oxygens (including phenoxy) is 2. The monoisotopic (exact) mass is 440 g/mol. The smallest absolute Gasteiger partial charge is 0.192 e. The Morgan fingerprint density at radius 1 is 0.581 bits per heavy atom. The van der Waals surface area contributed by atoms with Gasteiger partial charge in [0.2, 0.25) is 0 Å². The summed E-state index contributed by atoms with van der Waals surface area (Å²) in [6.07, 6.45) is 0. The van der Waals surface area contributed by atoms with E-state index in [1.807, 2.05) is 72.8 Å². The minimum atomic E-state index is 0. The maximum atomic E-state index is 5.86. The molecule has 0 radical (unpaired) electrons. The van der Waals surface area contributed by atoms with Crippen molar-refractivity contribution in [3.8, 4) is 23.0 Å². The molecule has 3 aromatic rings. The van der Waals surface area contributed by atoms with Crippen molar-refractivity contribution in [1.29, 1.82) is 0 Å². The summed E-state index contributed by atoms with van der Waals surface area (Å²) in [5, 5.41) is 5.94. The molecule has 0 aliphatic carbocycles. The van der Waals surface area contributed by atoms with Gasteiger partial charge in [-0.05, 0) is 72.8 Å². The second kappa shape index (κ2) is 11.3. The van der Waals surface area contributed by atoms with Crippen LogP contribution in [0.25, 0.3) is 0 Å². The van der Waals surface area contributed by atoms with E-state index in [1.54, 1.807) is 14.1 Å². The van der Waals surface area contributed by atoms with Crippen LogP contribution < -0.4 is 31.6 Å². The van der Waals surface area contributed by atoms with Gasteiger partial charge in [0, 0.05) is 25.5 Å². The molecule has 31 heavy (non-hydrogen) atoms. The molecule has 0 bridgehead atoms. The van der Waals surface area contributed by atoms with Crippen LogP contribution in [-0.4, -0.2) is 26.0 Å². The number of halogens is 1. The predicted molar refractivity (Wildman–Crippen MR) is 129 cm³/mol. The number of nitrogens with zero attached hydrogens (tertiary/aromatic N) is 2. The highest BCUT2D eigenvalue weighted by molar-refractivity contribution is 5.92. The van der Waals surface area contributed by atoms with Gasteiger partial charge in [0.25, 0.3) is 0 Å². The van der Waals surface area contributed by atoms with Crippen molar-refractivity contribution < 1.29 is 9.47 Å². The van der Waals surface area contributed by atoms with Gasteiger partial charge >= 0.3 is 0 Å². The van der Waals surface area contributed by atoms with E-state index < -0.39 is 0 Å². The molecule has 162 valence electrons. The van der Waals surface area contributed by atoms with E-state index in [1.165, 1.54) is 0 Å². The average Bonchev–Trinajstić information content (AvgIpc) is 2.77. The molecule has 3 aromatic carbocycles. The van der Waals surface area contributed by atoms with Crippen molar-refractivity contribution >= 4 is 35.7 Å². The summed E-state index contributed by atoms with van der Waals surface area (Å²) in [5.41, 5.74) is 13.0. The van der Waals surface area contributed by atoms with Crippen molar-refractivity contribution in [2.45, 2.75) is 0 Å². The lowest BCUT2D eigenvalue weighted by Gasteiger charge is -2.10. The van der Waals surface area contributed by atoms with Crippen molar-refractivity contribution in [3.63, 3.8) is 0 Å². The van der Waals surface area contributed by atoms with Crippen molar-refractivity contribution in [1.82, 2.24) is 0 Å². The van der Waals surface area contributed by atoms with E-state index in [0.717, 1.165) is 11.4 Å². The van der Waals surface area contributed by atoms with Crippen LogP contribution in [0.1, 0.15) is 0 Å². The van der Waals surface area contributed by atoms with Crippen LogP contribution >= 0.6 is 12.4 Å².